The molecule has 0 atom stereocenters. The third-order valence-electron chi connectivity index (χ3n) is 3.97. The molecule has 6 nitrogen and oxygen atoms in total. The van der Waals surface area contributed by atoms with Gasteiger partial charge in [0.1, 0.15) is 4.21 Å². The monoisotopic (exact) mass is 433 g/mol. The van der Waals surface area contributed by atoms with E-state index < -0.39 is 10.0 Å². The van der Waals surface area contributed by atoms with Gasteiger partial charge in [-0.3, -0.25) is 9.69 Å². The minimum Gasteiger partial charge on any atom is -0.325 e. The van der Waals surface area contributed by atoms with Crippen molar-refractivity contribution in [2.75, 3.05) is 38.0 Å². The van der Waals surface area contributed by atoms with E-state index in [0.29, 0.717) is 41.2 Å². The first-order valence-corrected chi connectivity index (χ1v) is 10.9. The van der Waals surface area contributed by atoms with Gasteiger partial charge in [0.15, 0.2) is 0 Å². The summed E-state index contributed by atoms with van der Waals surface area (Å²) in [7, 11) is -3.52. The first-order chi connectivity index (χ1) is 12.3. The van der Waals surface area contributed by atoms with E-state index in [0.717, 1.165) is 11.3 Å². The zero-order valence-electron chi connectivity index (χ0n) is 13.7. The van der Waals surface area contributed by atoms with Crippen molar-refractivity contribution in [2.45, 2.75) is 4.21 Å². The van der Waals surface area contributed by atoms with Crippen LogP contribution in [-0.4, -0.2) is 56.3 Å². The topological polar surface area (TPSA) is 69.7 Å². The van der Waals surface area contributed by atoms with Crippen LogP contribution in [0.4, 0.5) is 5.69 Å². The predicted octanol–water partition coefficient (Wildman–Crippen LogP) is 3.00. The van der Waals surface area contributed by atoms with Crippen LogP contribution in [0, 0.1) is 0 Å². The van der Waals surface area contributed by atoms with Gasteiger partial charge < -0.3 is 5.32 Å². The molecule has 10 heteroatoms. The number of benzene rings is 1. The average Bonchev–Trinajstić information content (AvgIpc) is 3.05. The number of thiophene rings is 1. The quantitative estimate of drug-likeness (QED) is 0.786. The van der Waals surface area contributed by atoms with Crippen LogP contribution in [0.3, 0.4) is 0 Å². The lowest BCUT2D eigenvalue weighted by molar-refractivity contribution is -0.117. The molecule has 1 saturated heterocycles. The summed E-state index contributed by atoms with van der Waals surface area (Å²) in [5.41, 5.74) is 0.676. The molecule has 1 fully saturated rings. The number of piperazine rings is 1. The van der Waals surface area contributed by atoms with Gasteiger partial charge in [-0.2, -0.15) is 4.31 Å². The third kappa shape index (κ3) is 4.76. The fraction of sp³-hybridized carbons (Fsp3) is 0.312. The Bertz CT molecular complexity index is 876. The standard InChI is InChI=1S/C16H17Cl2N3O3S2/c17-12-1-3-13(4-2-12)19-15(22)11-20-7-9-21(10-8-20)26(23,24)16-6-5-14(18)25-16/h1-6H,7-11H2,(H,19,22). The number of nitrogens with one attached hydrogen (secondary N) is 1. The highest BCUT2D eigenvalue weighted by molar-refractivity contribution is 7.91. The Morgan fingerprint density at radius 3 is 2.27 bits per heavy atom. The second-order valence-corrected chi connectivity index (χ2v) is 10.1. The Morgan fingerprint density at radius 1 is 1.04 bits per heavy atom. The lowest BCUT2D eigenvalue weighted by Crippen LogP contribution is -2.50. The first kappa shape index (κ1) is 19.6. The zero-order chi connectivity index (χ0) is 18.7. The number of rotatable bonds is 5. The molecule has 1 amide bonds. The molecule has 140 valence electrons. The second-order valence-electron chi connectivity index (χ2n) is 5.79. The van der Waals surface area contributed by atoms with Crippen molar-refractivity contribution in [3.05, 3.63) is 45.8 Å². The van der Waals surface area contributed by atoms with E-state index in [-0.39, 0.29) is 16.7 Å². The Labute approximate surface area is 166 Å². The van der Waals surface area contributed by atoms with E-state index in [2.05, 4.69) is 5.32 Å². The van der Waals surface area contributed by atoms with Crippen LogP contribution in [0.15, 0.2) is 40.6 Å². The van der Waals surface area contributed by atoms with Crippen LogP contribution in [0.25, 0.3) is 0 Å². The molecule has 2 aromatic rings. The number of amides is 1. The summed E-state index contributed by atoms with van der Waals surface area (Å²) in [5.74, 6) is -0.145. The van der Waals surface area contributed by atoms with Crippen LogP contribution >= 0.6 is 34.5 Å². The van der Waals surface area contributed by atoms with Gasteiger partial charge in [0.05, 0.1) is 10.9 Å². The summed E-state index contributed by atoms with van der Waals surface area (Å²) >= 11 is 12.7. The fourth-order valence-electron chi connectivity index (χ4n) is 2.63. The van der Waals surface area contributed by atoms with Gasteiger partial charge in [-0.15, -0.1) is 11.3 Å². The Balaban J connectivity index is 1.52. The number of hydrogen-bond acceptors (Lipinski definition) is 5. The van der Waals surface area contributed by atoms with Crippen LogP contribution < -0.4 is 5.32 Å². The molecule has 0 aliphatic carbocycles. The smallest absolute Gasteiger partial charge is 0.252 e. The van der Waals surface area contributed by atoms with Crippen LogP contribution in [0.1, 0.15) is 0 Å². The molecule has 0 spiro atoms. The molecule has 0 unspecified atom stereocenters. The molecule has 1 aromatic carbocycles. The van der Waals surface area contributed by atoms with E-state index in [1.807, 2.05) is 4.90 Å². The van der Waals surface area contributed by atoms with Crippen LogP contribution in [0.2, 0.25) is 9.36 Å². The largest absolute Gasteiger partial charge is 0.325 e. The molecule has 1 N–H and O–H groups in total. The van der Waals surface area contributed by atoms with Crippen LogP contribution in [-0.2, 0) is 14.8 Å². The average molecular weight is 434 g/mol. The van der Waals surface area contributed by atoms with E-state index in [4.69, 9.17) is 23.2 Å². The van der Waals surface area contributed by atoms with Crippen molar-refractivity contribution in [1.29, 1.82) is 0 Å². The molecule has 3 rings (SSSR count). The maximum atomic E-state index is 12.6. The molecule has 1 aliphatic rings. The normalized spacial score (nSPS) is 16.5. The van der Waals surface area contributed by atoms with Gasteiger partial charge in [-0.1, -0.05) is 23.2 Å². The molecule has 0 saturated carbocycles. The van der Waals surface area contributed by atoms with Gasteiger partial charge in [0, 0.05) is 36.9 Å². The van der Waals surface area contributed by atoms with E-state index in [1.165, 1.54) is 10.4 Å². The summed E-state index contributed by atoms with van der Waals surface area (Å²) in [5, 5.41) is 3.41. The van der Waals surface area contributed by atoms with E-state index in [9.17, 15) is 13.2 Å². The number of hydrogen-bond donors (Lipinski definition) is 1. The number of carbonyl (C=O) groups is 1. The molecular formula is C16H17Cl2N3O3S2. The van der Waals surface area contributed by atoms with E-state index in [1.54, 1.807) is 30.3 Å². The van der Waals surface area contributed by atoms with Gasteiger partial charge >= 0.3 is 0 Å². The molecular weight excluding hydrogens is 417 g/mol. The summed E-state index contributed by atoms with van der Waals surface area (Å²) < 4.78 is 27.3. The highest BCUT2D eigenvalue weighted by atomic mass is 35.5. The van der Waals surface area contributed by atoms with Gasteiger partial charge in [-0.05, 0) is 36.4 Å². The maximum absolute atomic E-state index is 12.6. The van der Waals surface area contributed by atoms with Crippen molar-refractivity contribution in [3.63, 3.8) is 0 Å². The van der Waals surface area contributed by atoms with Crippen molar-refractivity contribution >= 4 is 56.2 Å². The van der Waals surface area contributed by atoms with Crippen molar-refractivity contribution in [2.24, 2.45) is 0 Å². The Hall–Kier alpha value is -1.16. The SMILES string of the molecule is O=C(CN1CCN(S(=O)(=O)c2ccc(Cl)s2)CC1)Nc1ccc(Cl)cc1. The van der Waals surface area contributed by atoms with Gasteiger partial charge in [0.2, 0.25) is 5.91 Å². The minimum atomic E-state index is -3.52. The third-order valence-corrected chi connectivity index (χ3v) is 7.82. The van der Waals surface area contributed by atoms with Crippen molar-refractivity contribution < 1.29 is 13.2 Å². The van der Waals surface area contributed by atoms with E-state index >= 15 is 0 Å². The Kier molecular flexibility index (Phi) is 6.21. The number of anilines is 1. The lowest BCUT2D eigenvalue weighted by atomic mass is 10.3. The maximum Gasteiger partial charge on any atom is 0.252 e. The number of halogens is 2. The highest BCUT2D eigenvalue weighted by Gasteiger charge is 2.30. The molecule has 0 bridgehead atoms. The molecule has 1 aromatic heterocycles. The highest BCUT2D eigenvalue weighted by Crippen LogP contribution is 2.28. The number of nitrogens with zero attached hydrogens (tertiary/aromatic N) is 2. The zero-order valence-corrected chi connectivity index (χ0v) is 16.8. The van der Waals surface area contributed by atoms with Gasteiger partial charge in [0.25, 0.3) is 10.0 Å². The lowest BCUT2D eigenvalue weighted by Gasteiger charge is -2.33. The molecule has 2 heterocycles. The number of carbonyl (C=O) groups excluding carboxylic acids is 1. The molecule has 26 heavy (non-hydrogen) atoms. The molecule has 0 radical (unpaired) electrons. The number of sulfonamides is 1. The summed E-state index contributed by atoms with van der Waals surface area (Å²) in [6.07, 6.45) is 0. The first-order valence-electron chi connectivity index (χ1n) is 7.88. The van der Waals surface area contributed by atoms with Crippen molar-refractivity contribution in [1.82, 2.24) is 9.21 Å². The van der Waals surface area contributed by atoms with Crippen LogP contribution in [0.5, 0.6) is 0 Å². The van der Waals surface area contributed by atoms with Crippen molar-refractivity contribution in [3.8, 4) is 0 Å². The summed E-state index contributed by atoms with van der Waals surface area (Å²) in [6.45, 7) is 1.87. The predicted molar refractivity (Wildman–Crippen MR) is 105 cm³/mol. The fourth-order valence-corrected chi connectivity index (χ4v) is 5.81. The second kappa shape index (κ2) is 8.24. The minimum absolute atomic E-state index is 0.145. The summed E-state index contributed by atoms with van der Waals surface area (Å²) in [6, 6.07) is 9.98. The van der Waals surface area contributed by atoms with Gasteiger partial charge in [-0.25, -0.2) is 8.42 Å². The Morgan fingerprint density at radius 2 is 1.69 bits per heavy atom. The summed E-state index contributed by atoms with van der Waals surface area (Å²) in [4.78, 5) is 14.1. The molecule has 1 aliphatic heterocycles.